The summed E-state index contributed by atoms with van der Waals surface area (Å²) >= 11 is 6.13. The van der Waals surface area contributed by atoms with E-state index < -0.39 is 22.7 Å². The van der Waals surface area contributed by atoms with Crippen molar-refractivity contribution in [3.63, 3.8) is 0 Å². The number of imidazole rings is 1. The van der Waals surface area contributed by atoms with Crippen molar-refractivity contribution in [2.24, 2.45) is 0 Å². The molecule has 0 saturated carbocycles. The molecule has 25 heavy (non-hydrogen) atoms. The molecule has 0 spiro atoms. The van der Waals surface area contributed by atoms with E-state index in [9.17, 15) is 17.4 Å². The lowest BCUT2D eigenvalue weighted by Gasteiger charge is -2.09. The van der Waals surface area contributed by atoms with E-state index in [4.69, 9.17) is 16.3 Å². The molecule has 0 aliphatic carbocycles. The molecule has 0 bridgehead atoms. The number of rotatable bonds is 4. The summed E-state index contributed by atoms with van der Waals surface area (Å²) in [7, 11) is -0.208. The molecule has 3 rings (SSSR count). The molecule has 1 unspecified atom stereocenters. The molecule has 0 amide bonds. The summed E-state index contributed by atoms with van der Waals surface area (Å²) in [4.78, 5) is 7.98. The number of pyridine rings is 1. The standard InChI is InChI=1S/C15H11ClF3N3O2S/c1-24-13-4-5-20-11(14(13)16)7-25(23)22-8-21-10-6-9(15(17,18)19)2-3-12(10)22/h2-6,8H,7H2,1H3. The number of fused-ring (bicyclic) bond motifs is 1. The van der Waals surface area contributed by atoms with Crippen LogP contribution in [0.3, 0.4) is 0 Å². The van der Waals surface area contributed by atoms with Crippen LogP contribution in [0.1, 0.15) is 11.3 Å². The summed E-state index contributed by atoms with van der Waals surface area (Å²) in [6, 6.07) is 4.65. The molecule has 1 atom stereocenters. The van der Waals surface area contributed by atoms with Crippen molar-refractivity contribution in [1.29, 1.82) is 0 Å². The highest BCUT2D eigenvalue weighted by molar-refractivity contribution is 7.82. The van der Waals surface area contributed by atoms with Crippen molar-refractivity contribution in [3.8, 4) is 5.75 Å². The third kappa shape index (κ3) is 3.47. The maximum absolute atomic E-state index is 12.8. The highest BCUT2D eigenvalue weighted by Gasteiger charge is 2.31. The van der Waals surface area contributed by atoms with Gasteiger partial charge in [-0.3, -0.25) is 4.98 Å². The normalized spacial score (nSPS) is 13.2. The molecule has 5 nitrogen and oxygen atoms in total. The van der Waals surface area contributed by atoms with Crippen LogP contribution < -0.4 is 4.74 Å². The number of benzene rings is 1. The van der Waals surface area contributed by atoms with Gasteiger partial charge in [-0.05, 0) is 18.2 Å². The Hall–Kier alpha value is -2.13. The Balaban J connectivity index is 1.93. The molecule has 2 aromatic heterocycles. The monoisotopic (exact) mass is 389 g/mol. The Bertz CT molecular complexity index is 959. The first-order valence-electron chi connectivity index (χ1n) is 6.92. The summed E-state index contributed by atoms with van der Waals surface area (Å²) in [5, 5.41) is 0.238. The van der Waals surface area contributed by atoms with E-state index in [1.165, 1.54) is 29.7 Å². The summed E-state index contributed by atoms with van der Waals surface area (Å²) in [5.74, 6) is 0.358. The molecule has 0 radical (unpaired) electrons. The molecule has 0 N–H and O–H groups in total. The zero-order valence-electron chi connectivity index (χ0n) is 12.7. The molecule has 0 aliphatic rings. The summed E-state index contributed by atoms with van der Waals surface area (Å²) in [6.45, 7) is 0. The van der Waals surface area contributed by atoms with Gasteiger partial charge in [0.15, 0.2) is 0 Å². The Labute approximate surface area is 148 Å². The van der Waals surface area contributed by atoms with Gasteiger partial charge in [0, 0.05) is 12.3 Å². The molecular weight excluding hydrogens is 379 g/mol. The third-order valence-electron chi connectivity index (χ3n) is 3.47. The van der Waals surface area contributed by atoms with E-state index in [2.05, 4.69) is 9.97 Å². The van der Waals surface area contributed by atoms with Crippen molar-refractivity contribution in [1.82, 2.24) is 13.9 Å². The molecule has 10 heteroatoms. The Morgan fingerprint density at radius 3 is 2.72 bits per heavy atom. The third-order valence-corrected chi connectivity index (χ3v) is 5.12. The molecule has 0 saturated heterocycles. The lowest BCUT2D eigenvalue weighted by Crippen LogP contribution is -2.08. The fourth-order valence-corrected chi connectivity index (χ4v) is 3.69. The smallest absolute Gasteiger partial charge is 0.416 e. The second kappa shape index (κ2) is 6.64. The van der Waals surface area contributed by atoms with Crippen molar-refractivity contribution in [3.05, 3.63) is 53.1 Å². The second-order valence-corrected chi connectivity index (χ2v) is 6.71. The first kappa shape index (κ1) is 17.7. The van der Waals surface area contributed by atoms with Gasteiger partial charge in [-0.15, -0.1) is 0 Å². The van der Waals surface area contributed by atoms with Gasteiger partial charge >= 0.3 is 6.18 Å². The quantitative estimate of drug-likeness (QED) is 0.680. The highest BCUT2D eigenvalue weighted by atomic mass is 35.5. The van der Waals surface area contributed by atoms with Crippen LogP contribution in [-0.2, 0) is 22.9 Å². The number of halogens is 4. The van der Waals surface area contributed by atoms with Gasteiger partial charge in [-0.2, -0.15) is 13.2 Å². The van der Waals surface area contributed by atoms with Crippen LogP contribution in [0.25, 0.3) is 11.0 Å². The minimum atomic E-state index is -4.46. The van der Waals surface area contributed by atoms with Crippen molar-refractivity contribution in [2.45, 2.75) is 11.9 Å². The Morgan fingerprint density at radius 1 is 1.28 bits per heavy atom. The minimum Gasteiger partial charge on any atom is -0.495 e. The number of nitrogens with zero attached hydrogens (tertiary/aromatic N) is 3. The summed E-state index contributed by atoms with van der Waals surface area (Å²) in [6.07, 6.45) is -1.76. The van der Waals surface area contributed by atoms with Crippen molar-refractivity contribution in [2.75, 3.05) is 7.11 Å². The van der Waals surface area contributed by atoms with Crippen LogP contribution in [-0.4, -0.2) is 25.3 Å². The average molecular weight is 390 g/mol. The maximum Gasteiger partial charge on any atom is 0.416 e. The topological polar surface area (TPSA) is 57.0 Å². The SMILES string of the molecule is COc1ccnc(CS(=O)n2cnc3cc(C(F)(F)F)ccc32)c1Cl. The van der Waals surface area contributed by atoms with E-state index in [1.807, 2.05) is 0 Å². The van der Waals surface area contributed by atoms with Crippen LogP contribution in [0, 0.1) is 0 Å². The van der Waals surface area contributed by atoms with Gasteiger partial charge in [-0.1, -0.05) is 11.6 Å². The van der Waals surface area contributed by atoms with Crippen molar-refractivity contribution >= 4 is 33.6 Å². The van der Waals surface area contributed by atoms with Crippen LogP contribution in [0.5, 0.6) is 5.75 Å². The van der Waals surface area contributed by atoms with E-state index >= 15 is 0 Å². The van der Waals surface area contributed by atoms with Gasteiger partial charge < -0.3 is 4.74 Å². The van der Waals surface area contributed by atoms with Gasteiger partial charge in [0.05, 0.1) is 35.2 Å². The second-order valence-electron chi connectivity index (χ2n) is 5.01. The van der Waals surface area contributed by atoms with Crippen LogP contribution in [0.15, 0.2) is 36.8 Å². The van der Waals surface area contributed by atoms with E-state index in [0.29, 0.717) is 17.0 Å². The number of hydrogen-bond donors (Lipinski definition) is 0. The van der Waals surface area contributed by atoms with E-state index in [0.717, 1.165) is 12.1 Å². The predicted molar refractivity (Wildman–Crippen MR) is 87.8 cm³/mol. The fraction of sp³-hybridized carbons (Fsp3) is 0.200. The van der Waals surface area contributed by atoms with Gasteiger partial charge in [-0.25, -0.2) is 13.2 Å². The highest BCUT2D eigenvalue weighted by Crippen LogP contribution is 2.31. The van der Waals surface area contributed by atoms with Gasteiger partial charge in [0.2, 0.25) is 0 Å². The largest absolute Gasteiger partial charge is 0.495 e. The molecule has 1 aromatic carbocycles. The molecule has 132 valence electrons. The summed E-state index contributed by atoms with van der Waals surface area (Å²) < 4.78 is 57.2. The average Bonchev–Trinajstić information content (AvgIpc) is 2.99. The van der Waals surface area contributed by atoms with Gasteiger partial charge in [0.1, 0.15) is 28.1 Å². The first-order valence-corrected chi connectivity index (χ1v) is 8.57. The number of alkyl halides is 3. The Morgan fingerprint density at radius 2 is 2.04 bits per heavy atom. The zero-order chi connectivity index (χ0) is 18.2. The molecule has 0 fully saturated rings. The number of aromatic nitrogens is 3. The number of methoxy groups -OCH3 is 1. The minimum absolute atomic E-state index is 0.0392. The van der Waals surface area contributed by atoms with Crippen LogP contribution in [0.4, 0.5) is 13.2 Å². The zero-order valence-corrected chi connectivity index (χ0v) is 14.3. The van der Waals surface area contributed by atoms with Crippen LogP contribution >= 0.6 is 11.6 Å². The molecule has 3 aromatic rings. The summed E-state index contributed by atoms with van der Waals surface area (Å²) in [5.41, 5.74) is -0.0279. The molecule has 2 heterocycles. The molecular formula is C15H11ClF3N3O2S. The molecule has 0 aliphatic heterocycles. The number of ether oxygens (including phenoxy) is 1. The lowest BCUT2D eigenvalue weighted by molar-refractivity contribution is -0.137. The first-order chi connectivity index (χ1) is 11.8. The fourth-order valence-electron chi connectivity index (χ4n) is 2.24. The van der Waals surface area contributed by atoms with Gasteiger partial charge in [0.25, 0.3) is 0 Å². The predicted octanol–water partition coefficient (Wildman–Crippen LogP) is 3.82. The maximum atomic E-state index is 12.8. The van der Waals surface area contributed by atoms with E-state index in [-0.39, 0.29) is 16.3 Å². The van der Waals surface area contributed by atoms with Crippen LogP contribution in [0.2, 0.25) is 5.02 Å². The number of hydrogen-bond acceptors (Lipinski definition) is 4. The Kier molecular flexibility index (Phi) is 4.70. The van der Waals surface area contributed by atoms with E-state index in [1.54, 1.807) is 6.07 Å². The van der Waals surface area contributed by atoms with Crippen molar-refractivity contribution < 1.29 is 22.1 Å². The lowest BCUT2D eigenvalue weighted by atomic mass is 10.2.